The van der Waals surface area contributed by atoms with Crippen molar-refractivity contribution in [2.75, 3.05) is 6.54 Å². The zero-order valence-electron chi connectivity index (χ0n) is 11.6. The van der Waals surface area contributed by atoms with E-state index in [1.54, 1.807) is 12.1 Å². The highest BCUT2D eigenvalue weighted by molar-refractivity contribution is 9.10. The van der Waals surface area contributed by atoms with E-state index in [0.29, 0.717) is 27.5 Å². The summed E-state index contributed by atoms with van der Waals surface area (Å²) >= 11 is 9.38. The molecule has 0 spiro atoms. The Kier molecular flexibility index (Phi) is 6.03. The molecule has 0 aliphatic heterocycles. The summed E-state index contributed by atoms with van der Waals surface area (Å²) < 4.78 is 19.9. The maximum absolute atomic E-state index is 13.3. The van der Waals surface area contributed by atoms with Gasteiger partial charge in [-0.05, 0) is 53.2 Å². The summed E-state index contributed by atoms with van der Waals surface area (Å²) in [6.07, 6.45) is 1.05. The third kappa shape index (κ3) is 4.70. The fraction of sp³-hybridized carbons (Fsp3) is 0.250. The third-order valence-corrected chi connectivity index (χ3v) is 3.77. The number of rotatable bonds is 6. The van der Waals surface area contributed by atoms with Crippen molar-refractivity contribution in [2.24, 2.45) is 0 Å². The Bertz CT molecular complexity index is 621. The maximum atomic E-state index is 13.3. The number of hydrogen-bond acceptors (Lipinski definition) is 2. The minimum Gasteiger partial charge on any atom is -0.456 e. The fourth-order valence-corrected chi connectivity index (χ4v) is 2.33. The molecule has 2 aromatic rings. The van der Waals surface area contributed by atoms with Crippen LogP contribution in [0, 0.1) is 5.82 Å². The molecule has 0 amide bonds. The van der Waals surface area contributed by atoms with Gasteiger partial charge in [-0.25, -0.2) is 4.39 Å². The molecule has 2 nitrogen and oxygen atoms in total. The quantitative estimate of drug-likeness (QED) is 0.673. The number of benzene rings is 2. The van der Waals surface area contributed by atoms with Crippen LogP contribution < -0.4 is 10.1 Å². The van der Waals surface area contributed by atoms with Crippen LogP contribution in [-0.2, 0) is 6.54 Å². The van der Waals surface area contributed by atoms with Gasteiger partial charge >= 0.3 is 0 Å². The van der Waals surface area contributed by atoms with Crippen molar-refractivity contribution in [3.63, 3.8) is 0 Å². The van der Waals surface area contributed by atoms with Crippen LogP contribution in [0.15, 0.2) is 40.9 Å². The molecule has 5 heteroatoms. The summed E-state index contributed by atoms with van der Waals surface area (Å²) in [4.78, 5) is 0. The molecule has 0 atom stereocenters. The Morgan fingerprint density at radius 3 is 2.76 bits per heavy atom. The van der Waals surface area contributed by atoms with Gasteiger partial charge in [0.15, 0.2) is 0 Å². The van der Waals surface area contributed by atoms with Gasteiger partial charge in [0.25, 0.3) is 0 Å². The Hall–Kier alpha value is -1.10. The molecule has 0 radical (unpaired) electrons. The van der Waals surface area contributed by atoms with E-state index >= 15 is 0 Å². The average Bonchev–Trinajstić information content (AvgIpc) is 2.45. The van der Waals surface area contributed by atoms with E-state index in [0.717, 1.165) is 18.5 Å². The summed E-state index contributed by atoms with van der Waals surface area (Å²) in [6.45, 7) is 3.70. The van der Waals surface area contributed by atoms with Crippen LogP contribution in [0.25, 0.3) is 0 Å². The van der Waals surface area contributed by atoms with Crippen molar-refractivity contribution >= 4 is 27.5 Å². The molecule has 112 valence electrons. The molecule has 0 aliphatic carbocycles. The average molecular weight is 373 g/mol. The van der Waals surface area contributed by atoms with Gasteiger partial charge in [0.05, 0.1) is 4.47 Å². The molecule has 1 N–H and O–H groups in total. The molecule has 0 heterocycles. The Labute approximate surface area is 137 Å². The zero-order chi connectivity index (χ0) is 15.2. The smallest absolute Gasteiger partial charge is 0.144 e. The second-order valence-electron chi connectivity index (χ2n) is 4.61. The van der Waals surface area contributed by atoms with Gasteiger partial charge in [0, 0.05) is 23.2 Å². The number of ether oxygens (including phenoxy) is 1. The molecular weight excluding hydrogens is 357 g/mol. The zero-order valence-corrected chi connectivity index (χ0v) is 14.0. The Morgan fingerprint density at radius 1 is 1.19 bits per heavy atom. The van der Waals surface area contributed by atoms with Crippen molar-refractivity contribution < 1.29 is 9.13 Å². The highest BCUT2D eigenvalue weighted by Gasteiger charge is 2.09. The normalized spacial score (nSPS) is 10.7. The van der Waals surface area contributed by atoms with Gasteiger partial charge in [-0.1, -0.05) is 24.6 Å². The summed E-state index contributed by atoms with van der Waals surface area (Å²) in [7, 11) is 0. The predicted molar refractivity (Wildman–Crippen MR) is 87.6 cm³/mol. The van der Waals surface area contributed by atoms with Crippen LogP contribution in [0.2, 0.25) is 5.02 Å². The lowest BCUT2D eigenvalue weighted by Gasteiger charge is -2.13. The molecule has 2 rings (SSSR count). The molecular formula is C16H16BrClFNO. The van der Waals surface area contributed by atoms with Gasteiger partial charge in [0.2, 0.25) is 0 Å². The van der Waals surface area contributed by atoms with Crippen LogP contribution in [-0.4, -0.2) is 6.54 Å². The van der Waals surface area contributed by atoms with Crippen molar-refractivity contribution in [3.05, 3.63) is 57.3 Å². The standard InChI is InChI=1S/C16H16BrClFNO/c1-2-7-20-10-11-3-4-12(18)8-15(11)21-16-9-13(19)5-6-14(16)17/h3-6,8-9,20H,2,7,10H2,1H3. The second kappa shape index (κ2) is 7.78. The first-order valence-corrected chi connectivity index (χ1v) is 7.89. The topological polar surface area (TPSA) is 21.3 Å². The largest absolute Gasteiger partial charge is 0.456 e. The van der Waals surface area contributed by atoms with E-state index in [4.69, 9.17) is 16.3 Å². The Morgan fingerprint density at radius 2 is 2.00 bits per heavy atom. The first-order chi connectivity index (χ1) is 10.1. The lowest BCUT2D eigenvalue weighted by atomic mass is 10.2. The van der Waals surface area contributed by atoms with E-state index in [9.17, 15) is 4.39 Å². The summed E-state index contributed by atoms with van der Waals surface area (Å²) in [5.74, 6) is 0.701. The highest BCUT2D eigenvalue weighted by Crippen LogP contribution is 2.33. The van der Waals surface area contributed by atoms with E-state index in [1.807, 2.05) is 12.1 Å². The van der Waals surface area contributed by atoms with Gasteiger partial charge in [-0.3, -0.25) is 0 Å². The van der Waals surface area contributed by atoms with Crippen LogP contribution in [0.4, 0.5) is 4.39 Å². The summed E-state index contributed by atoms with van der Waals surface area (Å²) in [5.41, 5.74) is 0.976. The van der Waals surface area contributed by atoms with Crippen molar-refractivity contribution in [2.45, 2.75) is 19.9 Å². The van der Waals surface area contributed by atoms with Crippen LogP contribution >= 0.6 is 27.5 Å². The van der Waals surface area contributed by atoms with E-state index in [2.05, 4.69) is 28.2 Å². The lowest BCUT2D eigenvalue weighted by Crippen LogP contribution is -2.14. The molecule has 0 fully saturated rings. The van der Waals surface area contributed by atoms with Gasteiger partial charge < -0.3 is 10.1 Å². The number of nitrogens with one attached hydrogen (secondary N) is 1. The third-order valence-electron chi connectivity index (χ3n) is 2.88. The molecule has 0 unspecified atom stereocenters. The van der Waals surface area contributed by atoms with Crippen LogP contribution in [0.1, 0.15) is 18.9 Å². The molecule has 21 heavy (non-hydrogen) atoms. The molecule has 0 saturated carbocycles. The van der Waals surface area contributed by atoms with E-state index in [-0.39, 0.29) is 5.82 Å². The van der Waals surface area contributed by atoms with Gasteiger partial charge in [0.1, 0.15) is 17.3 Å². The Balaban J connectivity index is 2.25. The molecule has 0 aliphatic rings. The number of halogens is 3. The summed E-state index contributed by atoms with van der Waals surface area (Å²) in [6, 6.07) is 9.80. The van der Waals surface area contributed by atoms with Crippen molar-refractivity contribution in [1.82, 2.24) is 5.32 Å². The minimum atomic E-state index is -0.346. The number of hydrogen-bond donors (Lipinski definition) is 1. The van der Waals surface area contributed by atoms with Crippen molar-refractivity contribution in [3.8, 4) is 11.5 Å². The molecule has 2 aromatic carbocycles. The first-order valence-electron chi connectivity index (χ1n) is 6.72. The minimum absolute atomic E-state index is 0.346. The van der Waals surface area contributed by atoms with Gasteiger partial charge in [-0.15, -0.1) is 0 Å². The van der Waals surface area contributed by atoms with Crippen LogP contribution in [0.3, 0.4) is 0 Å². The highest BCUT2D eigenvalue weighted by atomic mass is 79.9. The maximum Gasteiger partial charge on any atom is 0.144 e. The predicted octanol–water partition coefficient (Wildman–Crippen LogP) is 5.53. The molecule has 0 saturated heterocycles. The fourth-order valence-electron chi connectivity index (χ4n) is 1.84. The van der Waals surface area contributed by atoms with E-state index in [1.165, 1.54) is 12.1 Å². The lowest BCUT2D eigenvalue weighted by molar-refractivity contribution is 0.464. The summed E-state index contributed by atoms with van der Waals surface area (Å²) in [5, 5.41) is 3.89. The van der Waals surface area contributed by atoms with Crippen molar-refractivity contribution in [1.29, 1.82) is 0 Å². The second-order valence-corrected chi connectivity index (χ2v) is 5.90. The SMILES string of the molecule is CCCNCc1ccc(Cl)cc1Oc1cc(F)ccc1Br. The first kappa shape index (κ1) is 16.3. The molecule has 0 bridgehead atoms. The van der Waals surface area contributed by atoms with Gasteiger partial charge in [-0.2, -0.15) is 0 Å². The van der Waals surface area contributed by atoms with E-state index < -0.39 is 0 Å². The van der Waals surface area contributed by atoms with Crippen LogP contribution in [0.5, 0.6) is 11.5 Å². The monoisotopic (exact) mass is 371 g/mol. The molecule has 0 aromatic heterocycles.